The van der Waals surface area contributed by atoms with E-state index in [0.717, 1.165) is 35.6 Å². The zero-order chi connectivity index (χ0) is 23.3. The molecule has 170 valence electrons. The van der Waals surface area contributed by atoms with Crippen LogP contribution in [0.25, 0.3) is 10.8 Å². The Kier molecular flexibility index (Phi) is 6.73. The van der Waals surface area contributed by atoms with Crippen molar-refractivity contribution in [2.45, 2.75) is 50.1 Å². The minimum absolute atomic E-state index is 0.286. The third kappa shape index (κ3) is 5.22. The maximum absolute atomic E-state index is 13.5. The molecule has 4 N–H and O–H groups in total. The van der Waals surface area contributed by atoms with Crippen LogP contribution >= 0.6 is 0 Å². The van der Waals surface area contributed by atoms with E-state index in [1.54, 1.807) is 24.3 Å². The molecule has 0 saturated heterocycles. The SMILES string of the molecule is NC(=O)[C@@H](Cc1ccc2ccccc2c1)NC(=O)C1(NC(=O)c2ccccc2)CCCCC1. The number of hydrogen-bond acceptors (Lipinski definition) is 3. The van der Waals surface area contributed by atoms with E-state index < -0.39 is 17.5 Å². The molecule has 0 bridgehead atoms. The van der Waals surface area contributed by atoms with Gasteiger partial charge in [0, 0.05) is 12.0 Å². The number of primary amides is 1. The van der Waals surface area contributed by atoms with Crippen LogP contribution < -0.4 is 16.4 Å². The number of hydrogen-bond donors (Lipinski definition) is 3. The predicted molar refractivity (Wildman–Crippen MR) is 129 cm³/mol. The van der Waals surface area contributed by atoms with Gasteiger partial charge < -0.3 is 16.4 Å². The number of benzene rings is 3. The first-order chi connectivity index (χ1) is 16.0. The van der Waals surface area contributed by atoms with Crippen LogP contribution in [0.15, 0.2) is 72.8 Å². The first-order valence-electron chi connectivity index (χ1n) is 11.4. The summed E-state index contributed by atoms with van der Waals surface area (Å²) < 4.78 is 0. The molecular weight excluding hydrogens is 414 g/mol. The molecule has 3 aromatic rings. The maximum atomic E-state index is 13.5. The molecular formula is C27H29N3O3. The van der Waals surface area contributed by atoms with E-state index in [1.165, 1.54) is 0 Å². The van der Waals surface area contributed by atoms with Crippen molar-refractivity contribution in [2.75, 3.05) is 0 Å². The van der Waals surface area contributed by atoms with Crippen molar-refractivity contribution in [3.05, 3.63) is 83.9 Å². The summed E-state index contributed by atoms with van der Waals surface area (Å²) in [6.45, 7) is 0. The van der Waals surface area contributed by atoms with E-state index in [-0.39, 0.29) is 18.2 Å². The zero-order valence-electron chi connectivity index (χ0n) is 18.6. The number of fused-ring (bicyclic) bond motifs is 1. The monoisotopic (exact) mass is 443 g/mol. The molecule has 3 aromatic carbocycles. The van der Waals surface area contributed by atoms with Gasteiger partial charge in [-0.3, -0.25) is 14.4 Å². The Morgan fingerprint density at radius 1 is 0.848 bits per heavy atom. The average Bonchev–Trinajstić information content (AvgIpc) is 2.84. The minimum Gasteiger partial charge on any atom is -0.368 e. The molecule has 1 aliphatic carbocycles. The highest BCUT2D eigenvalue weighted by Crippen LogP contribution is 2.29. The molecule has 1 fully saturated rings. The molecule has 0 unspecified atom stereocenters. The Balaban J connectivity index is 1.53. The lowest BCUT2D eigenvalue weighted by atomic mass is 9.80. The van der Waals surface area contributed by atoms with E-state index in [4.69, 9.17) is 5.73 Å². The van der Waals surface area contributed by atoms with Crippen molar-refractivity contribution in [1.29, 1.82) is 0 Å². The summed E-state index contributed by atoms with van der Waals surface area (Å²) in [6, 6.07) is 21.9. The molecule has 0 aliphatic heterocycles. The van der Waals surface area contributed by atoms with Crippen LogP contribution in [0.1, 0.15) is 48.0 Å². The van der Waals surface area contributed by atoms with Gasteiger partial charge in [0.2, 0.25) is 11.8 Å². The number of carbonyl (C=O) groups is 3. The van der Waals surface area contributed by atoms with Crippen molar-refractivity contribution >= 4 is 28.5 Å². The summed E-state index contributed by atoms with van der Waals surface area (Å²) in [5, 5.41) is 7.99. The van der Waals surface area contributed by atoms with Gasteiger partial charge in [-0.2, -0.15) is 0 Å². The summed E-state index contributed by atoms with van der Waals surface area (Å²) >= 11 is 0. The van der Waals surface area contributed by atoms with Crippen LogP contribution in [0, 0.1) is 0 Å². The van der Waals surface area contributed by atoms with Crippen LogP contribution in [-0.4, -0.2) is 29.3 Å². The van der Waals surface area contributed by atoms with Crippen LogP contribution in [-0.2, 0) is 16.0 Å². The number of carbonyl (C=O) groups excluding carboxylic acids is 3. The standard InChI is InChI=1S/C27H29N3O3/c28-24(31)23(18-19-13-14-20-9-5-6-12-22(20)17-19)29-26(33)27(15-7-2-8-16-27)30-25(32)21-10-3-1-4-11-21/h1,3-6,9-14,17,23H,2,7-8,15-16,18H2,(H2,28,31)(H,29,33)(H,30,32)/t23-/m1/s1. The predicted octanol–water partition coefficient (Wildman–Crippen LogP) is 3.49. The number of nitrogens with two attached hydrogens (primary N) is 1. The molecule has 0 heterocycles. The molecule has 6 nitrogen and oxygen atoms in total. The molecule has 6 heteroatoms. The Bertz CT molecular complexity index is 1150. The third-order valence-corrected chi connectivity index (χ3v) is 6.43. The molecule has 33 heavy (non-hydrogen) atoms. The number of amides is 3. The van der Waals surface area contributed by atoms with E-state index in [1.807, 2.05) is 48.5 Å². The summed E-state index contributed by atoms with van der Waals surface area (Å²) in [5.41, 5.74) is 6.02. The minimum atomic E-state index is -1.05. The van der Waals surface area contributed by atoms with Gasteiger partial charge in [0.25, 0.3) is 5.91 Å². The number of nitrogens with one attached hydrogen (secondary N) is 2. The first-order valence-corrected chi connectivity index (χ1v) is 11.4. The lowest BCUT2D eigenvalue weighted by Crippen LogP contribution is -2.62. The quantitative estimate of drug-likeness (QED) is 0.521. The number of rotatable bonds is 7. The first kappa shape index (κ1) is 22.5. The normalized spacial score (nSPS) is 16.0. The molecule has 3 amide bonds. The summed E-state index contributed by atoms with van der Waals surface area (Å²) in [5.74, 6) is -1.24. The molecule has 1 aliphatic rings. The van der Waals surface area contributed by atoms with Gasteiger partial charge in [-0.15, -0.1) is 0 Å². The van der Waals surface area contributed by atoms with Crippen molar-refractivity contribution < 1.29 is 14.4 Å². The van der Waals surface area contributed by atoms with E-state index in [0.29, 0.717) is 18.4 Å². The Hall–Kier alpha value is -3.67. The van der Waals surface area contributed by atoms with Gasteiger partial charge in [-0.05, 0) is 41.3 Å². The molecule has 1 atom stereocenters. The van der Waals surface area contributed by atoms with Gasteiger partial charge in [-0.1, -0.05) is 79.9 Å². The topological polar surface area (TPSA) is 101 Å². The highest BCUT2D eigenvalue weighted by molar-refractivity contribution is 6.00. The fourth-order valence-electron chi connectivity index (χ4n) is 4.56. The Labute approximate surface area is 193 Å². The summed E-state index contributed by atoms with van der Waals surface area (Å²) in [4.78, 5) is 38.6. The van der Waals surface area contributed by atoms with Crippen LogP contribution in [0.3, 0.4) is 0 Å². The largest absolute Gasteiger partial charge is 0.368 e. The second-order valence-corrected chi connectivity index (χ2v) is 8.78. The van der Waals surface area contributed by atoms with Gasteiger partial charge in [-0.25, -0.2) is 0 Å². The molecule has 1 saturated carbocycles. The van der Waals surface area contributed by atoms with Gasteiger partial charge >= 0.3 is 0 Å². The highest BCUT2D eigenvalue weighted by atomic mass is 16.2. The molecule has 4 rings (SSSR count). The summed E-state index contributed by atoms with van der Waals surface area (Å²) in [6.07, 6.45) is 4.00. The zero-order valence-corrected chi connectivity index (χ0v) is 18.6. The van der Waals surface area contributed by atoms with Gasteiger partial charge in [0.1, 0.15) is 11.6 Å². The van der Waals surface area contributed by atoms with Crippen molar-refractivity contribution in [1.82, 2.24) is 10.6 Å². The smallest absolute Gasteiger partial charge is 0.252 e. The second kappa shape index (κ2) is 9.86. The van der Waals surface area contributed by atoms with Crippen molar-refractivity contribution in [3.63, 3.8) is 0 Å². The maximum Gasteiger partial charge on any atom is 0.252 e. The second-order valence-electron chi connectivity index (χ2n) is 8.78. The Morgan fingerprint density at radius 2 is 1.52 bits per heavy atom. The van der Waals surface area contributed by atoms with E-state index in [9.17, 15) is 14.4 Å². The Morgan fingerprint density at radius 3 is 2.21 bits per heavy atom. The summed E-state index contributed by atoms with van der Waals surface area (Å²) in [7, 11) is 0. The van der Waals surface area contributed by atoms with Crippen LogP contribution in [0.5, 0.6) is 0 Å². The fraction of sp³-hybridized carbons (Fsp3) is 0.296. The third-order valence-electron chi connectivity index (χ3n) is 6.43. The lowest BCUT2D eigenvalue weighted by Gasteiger charge is -2.37. The fourth-order valence-corrected chi connectivity index (χ4v) is 4.56. The van der Waals surface area contributed by atoms with Crippen molar-refractivity contribution in [3.8, 4) is 0 Å². The lowest BCUT2D eigenvalue weighted by molar-refractivity contribution is -0.132. The highest BCUT2D eigenvalue weighted by Gasteiger charge is 2.42. The van der Waals surface area contributed by atoms with E-state index in [2.05, 4.69) is 10.6 Å². The molecule has 0 aromatic heterocycles. The van der Waals surface area contributed by atoms with E-state index >= 15 is 0 Å². The average molecular weight is 444 g/mol. The van der Waals surface area contributed by atoms with Crippen molar-refractivity contribution in [2.24, 2.45) is 5.73 Å². The van der Waals surface area contributed by atoms with Gasteiger partial charge in [0.05, 0.1) is 0 Å². The molecule has 0 radical (unpaired) electrons. The molecule has 0 spiro atoms. The van der Waals surface area contributed by atoms with Gasteiger partial charge in [0.15, 0.2) is 0 Å². The van der Waals surface area contributed by atoms with Crippen LogP contribution in [0.2, 0.25) is 0 Å². The van der Waals surface area contributed by atoms with Crippen LogP contribution in [0.4, 0.5) is 0 Å².